The number of hydrogen-bond donors (Lipinski definition) is 0. The lowest BCUT2D eigenvalue weighted by molar-refractivity contribution is -0.147. The summed E-state index contributed by atoms with van der Waals surface area (Å²) in [6, 6.07) is 12.9. The molecule has 0 fully saturated rings. The van der Waals surface area contributed by atoms with E-state index < -0.39 is 12.1 Å². The smallest absolute Gasteiger partial charge is 0.346 e. The Morgan fingerprint density at radius 1 is 1.11 bits per heavy atom. The topological polar surface area (TPSA) is 61.8 Å². The highest BCUT2D eigenvalue weighted by Crippen LogP contribution is 2.35. The van der Waals surface area contributed by atoms with Gasteiger partial charge in [0.05, 0.1) is 12.7 Å². The van der Waals surface area contributed by atoms with E-state index in [2.05, 4.69) is 37.6 Å². The van der Waals surface area contributed by atoms with Gasteiger partial charge in [-0.1, -0.05) is 45.0 Å². The van der Waals surface area contributed by atoms with E-state index in [9.17, 15) is 9.59 Å². The molecule has 5 heteroatoms. The average Bonchev–Trinajstić information content (AvgIpc) is 2.95. The number of allylic oxidation sites excluding steroid dienone is 1. The number of ketones is 1. The highest BCUT2D eigenvalue weighted by molar-refractivity contribution is 6.14. The molecule has 0 spiro atoms. The Labute approximate surface area is 164 Å². The number of methoxy groups -OCH3 is 1. The number of carbonyl (C=O) groups excluding carboxylic acids is 2. The van der Waals surface area contributed by atoms with Crippen molar-refractivity contribution in [2.24, 2.45) is 0 Å². The molecular formula is C23H24O5. The van der Waals surface area contributed by atoms with Crippen LogP contribution in [-0.4, -0.2) is 25.0 Å². The quantitative estimate of drug-likeness (QED) is 0.576. The first-order valence-electron chi connectivity index (χ1n) is 9.12. The molecule has 0 saturated heterocycles. The van der Waals surface area contributed by atoms with Gasteiger partial charge in [0.15, 0.2) is 11.9 Å². The minimum Gasteiger partial charge on any atom is -0.479 e. The molecule has 0 saturated carbocycles. The van der Waals surface area contributed by atoms with Gasteiger partial charge < -0.3 is 14.2 Å². The normalized spacial score (nSPS) is 15.8. The van der Waals surface area contributed by atoms with E-state index in [0.717, 1.165) is 5.56 Å². The summed E-state index contributed by atoms with van der Waals surface area (Å²) in [5, 5.41) is 0. The van der Waals surface area contributed by atoms with Crippen molar-refractivity contribution in [1.29, 1.82) is 0 Å². The van der Waals surface area contributed by atoms with Gasteiger partial charge in [0, 0.05) is 6.07 Å². The summed E-state index contributed by atoms with van der Waals surface area (Å²) in [7, 11) is 1.30. The largest absolute Gasteiger partial charge is 0.479 e. The molecule has 0 unspecified atom stereocenters. The van der Waals surface area contributed by atoms with Crippen LogP contribution in [0.2, 0.25) is 0 Å². The SMILES string of the molecule is COC(=O)[C@@H](C)Oc1ccc2c(c1)O/C(=C/c1ccc(C(C)(C)C)cc1)C2=O. The Hall–Kier alpha value is -3.08. The first-order valence-corrected chi connectivity index (χ1v) is 9.12. The van der Waals surface area contributed by atoms with Crippen molar-refractivity contribution < 1.29 is 23.8 Å². The van der Waals surface area contributed by atoms with E-state index in [0.29, 0.717) is 17.1 Å². The van der Waals surface area contributed by atoms with Gasteiger partial charge in [-0.3, -0.25) is 4.79 Å². The van der Waals surface area contributed by atoms with Crippen molar-refractivity contribution in [3.8, 4) is 11.5 Å². The second-order valence-electron chi connectivity index (χ2n) is 7.75. The molecule has 28 heavy (non-hydrogen) atoms. The van der Waals surface area contributed by atoms with Crippen LogP contribution in [0.5, 0.6) is 11.5 Å². The Bertz CT molecular complexity index is 932. The van der Waals surface area contributed by atoms with Gasteiger partial charge in [-0.2, -0.15) is 0 Å². The fraction of sp³-hybridized carbons (Fsp3) is 0.304. The zero-order valence-corrected chi connectivity index (χ0v) is 16.7. The van der Waals surface area contributed by atoms with Crippen molar-refractivity contribution in [2.75, 3.05) is 7.11 Å². The van der Waals surface area contributed by atoms with Crippen molar-refractivity contribution in [3.05, 3.63) is 64.9 Å². The molecule has 0 bridgehead atoms. The summed E-state index contributed by atoms with van der Waals surface area (Å²) < 4.78 is 15.9. The van der Waals surface area contributed by atoms with E-state index in [1.54, 1.807) is 31.2 Å². The molecule has 2 aromatic carbocycles. The number of benzene rings is 2. The molecule has 0 aliphatic carbocycles. The molecular weight excluding hydrogens is 356 g/mol. The highest BCUT2D eigenvalue weighted by atomic mass is 16.6. The molecule has 1 aliphatic heterocycles. The maximum absolute atomic E-state index is 12.6. The number of Topliss-reactive ketones (excluding diaryl/α,β-unsaturated/α-hetero) is 1. The van der Waals surface area contributed by atoms with E-state index in [-0.39, 0.29) is 17.0 Å². The predicted molar refractivity (Wildman–Crippen MR) is 107 cm³/mol. The van der Waals surface area contributed by atoms with Crippen molar-refractivity contribution in [2.45, 2.75) is 39.2 Å². The van der Waals surface area contributed by atoms with Crippen molar-refractivity contribution in [1.82, 2.24) is 0 Å². The zero-order valence-electron chi connectivity index (χ0n) is 16.7. The molecule has 2 aromatic rings. The van der Waals surface area contributed by atoms with Gasteiger partial charge in [0.25, 0.3) is 0 Å². The number of esters is 1. The molecule has 0 radical (unpaired) electrons. The fourth-order valence-corrected chi connectivity index (χ4v) is 2.89. The molecule has 1 atom stereocenters. The van der Waals surface area contributed by atoms with E-state index in [1.165, 1.54) is 12.7 Å². The average molecular weight is 380 g/mol. The van der Waals surface area contributed by atoms with Gasteiger partial charge in [-0.15, -0.1) is 0 Å². The Morgan fingerprint density at radius 2 is 1.79 bits per heavy atom. The molecule has 0 N–H and O–H groups in total. The van der Waals surface area contributed by atoms with Crippen LogP contribution in [0.3, 0.4) is 0 Å². The van der Waals surface area contributed by atoms with Crippen molar-refractivity contribution >= 4 is 17.8 Å². The third-order valence-electron chi connectivity index (χ3n) is 4.56. The van der Waals surface area contributed by atoms with Gasteiger partial charge in [-0.25, -0.2) is 4.79 Å². The van der Waals surface area contributed by atoms with Gasteiger partial charge >= 0.3 is 5.97 Å². The van der Waals surface area contributed by atoms with Crippen LogP contribution in [0.4, 0.5) is 0 Å². The predicted octanol–water partition coefficient (Wildman–Crippen LogP) is 4.54. The van der Waals surface area contributed by atoms with Gasteiger partial charge in [0.2, 0.25) is 5.78 Å². The molecule has 146 valence electrons. The number of carbonyl (C=O) groups is 2. The Kier molecular flexibility index (Phi) is 5.27. The third kappa shape index (κ3) is 4.09. The summed E-state index contributed by atoms with van der Waals surface area (Å²) in [6.07, 6.45) is 0.975. The van der Waals surface area contributed by atoms with E-state index >= 15 is 0 Å². The maximum Gasteiger partial charge on any atom is 0.346 e. The highest BCUT2D eigenvalue weighted by Gasteiger charge is 2.28. The van der Waals surface area contributed by atoms with Gasteiger partial charge in [0.1, 0.15) is 11.5 Å². The van der Waals surface area contributed by atoms with Crippen LogP contribution in [0.15, 0.2) is 48.2 Å². The molecule has 0 aromatic heterocycles. The van der Waals surface area contributed by atoms with Crippen LogP contribution >= 0.6 is 0 Å². The van der Waals surface area contributed by atoms with Crippen LogP contribution in [0.1, 0.15) is 49.2 Å². The van der Waals surface area contributed by atoms with Crippen LogP contribution in [0, 0.1) is 0 Å². The second-order valence-corrected chi connectivity index (χ2v) is 7.75. The minimum absolute atomic E-state index is 0.0688. The number of ether oxygens (including phenoxy) is 3. The summed E-state index contributed by atoms with van der Waals surface area (Å²) in [5.41, 5.74) is 2.65. The number of rotatable bonds is 4. The minimum atomic E-state index is -0.753. The molecule has 3 rings (SSSR count). The standard InChI is InChI=1S/C23H24O5/c1-14(22(25)26-5)27-17-10-11-18-19(13-17)28-20(21(18)24)12-15-6-8-16(9-7-15)23(2,3)4/h6-14H,1-5H3/b20-12+/t14-/m1/s1. The van der Waals surface area contributed by atoms with Crippen LogP contribution in [-0.2, 0) is 14.9 Å². The van der Waals surface area contributed by atoms with Crippen LogP contribution < -0.4 is 9.47 Å². The van der Waals surface area contributed by atoms with Gasteiger partial charge in [-0.05, 0) is 41.7 Å². The number of hydrogen-bond acceptors (Lipinski definition) is 5. The summed E-state index contributed by atoms with van der Waals surface area (Å²) in [5.74, 6) is 0.452. The van der Waals surface area contributed by atoms with E-state index in [1.807, 2.05) is 12.1 Å². The van der Waals surface area contributed by atoms with Crippen LogP contribution in [0.25, 0.3) is 6.08 Å². The Morgan fingerprint density at radius 3 is 2.39 bits per heavy atom. The summed E-state index contributed by atoms with van der Waals surface area (Å²) >= 11 is 0. The zero-order chi connectivity index (χ0) is 20.5. The first kappa shape index (κ1) is 19.7. The molecule has 0 amide bonds. The lowest BCUT2D eigenvalue weighted by atomic mass is 9.86. The third-order valence-corrected chi connectivity index (χ3v) is 4.56. The number of fused-ring (bicyclic) bond motifs is 1. The molecule has 1 heterocycles. The summed E-state index contributed by atoms with van der Waals surface area (Å²) in [4.78, 5) is 24.1. The Balaban J connectivity index is 1.79. The van der Waals surface area contributed by atoms with E-state index in [4.69, 9.17) is 9.47 Å². The monoisotopic (exact) mass is 380 g/mol. The van der Waals surface area contributed by atoms with Crippen molar-refractivity contribution in [3.63, 3.8) is 0 Å². The second kappa shape index (κ2) is 7.50. The lowest BCUT2D eigenvalue weighted by Gasteiger charge is -2.18. The summed E-state index contributed by atoms with van der Waals surface area (Å²) in [6.45, 7) is 8.06. The lowest BCUT2D eigenvalue weighted by Crippen LogP contribution is -2.24. The first-order chi connectivity index (χ1) is 13.2. The maximum atomic E-state index is 12.6. The fourth-order valence-electron chi connectivity index (χ4n) is 2.89. The molecule has 1 aliphatic rings. The molecule has 5 nitrogen and oxygen atoms in total.